The van der Waals surface area contributed by atoms with Crippen LogP contribution in [0.3, 0.4) is 0 Å². The first kappa shape index (κ1) is 16.4. The van der Waals surface area contributed by atoms with Crippen LogP contribution >= 0.6 is 11.6 Å². The summed E-state index contributed by atoms with van der Waals surface area (Å²) in [5.41, 5.74) is 0.506. The van der Waals surface area contributed by atoms with Gasteiger partial charge in [-0.1, -0.05) is 17.7 Å². The molecule has 0 spiro atoms. The minimum Gasteiger partial charge on any atom is -0.341 e. The van der Waals surface area contributed by atoms with E-state index >= 15 is 0 Å². The van der Waals surface area contributed by atoms with Gasteiger partial charge in [-0.05, 0) is 32.4 Å². The number of nitrogens with zero attached hydrogens (tertiary/aromatic N) is 5. The van der Waals surface area contributed by atoms with Gasteiger partial charge >= 0.3 is 0 Å². The van der Waals surface area contributed by atoms with Crippen LogP contribution in [-0.2, 0) is 11.3 Å². The number of pyridine rings is 1. The molecule has 22 heavy (non-hydrogen) atoms. The van der Waals surface area contributed by atoms with Gasteiger partial charge in [0.1, 0.15) is 23.7 Å². The van der Waals surface area contributed by atoms with Crippen LogP contribution in [-0.4, -0.2) is 44.8 Å². The SMILES string of the molecule is CC(C)(C)N1COCN(Cc2ccc(Cl)nc2)C1=N[N+](=O)[O-]. The van der Waals surface area contributed by atoms with E-state index < -0.39 is 5.03 Å². The Balaban J connectivity index is 2.27. The molecular weight excluding hydrogens is 310 g/mol. The molecule has 1 aliphatic rings. The quantitative estimate of drug-likeness (QED) is 0.480. The molecule has 2 rings (SSSR count). The van der Waals surface area contributed by atoms with Crippen LogP contribution in [0.5, 0.6) is 0 Å². The molecule has 0 radical (unpaired) electrons. The van der Waals surface area contributed by atoms with Gasteiger partial charge in [-0.3, -0.25) is 0 Å². The number of hydrogen-bond acceptors (Lipinski definition) is 4. The fourth-order valence-electron chi connectivity index (χ4n) is 2.05. The molecule has 1 aliphatic heterocycles. The molecule has 0 aromatic carbocycles. The third-order valence-corrected chi connectivity index (χ3v) is 3.36. The molecule has 1 saturated heterocycles. The summed E-state index contributed by atoms with van der Waals surface area (Å²) >= 11 is 5.76. The third kappa shape index (κ3) is 4.05. The lowest BCUT2D eigenvalue weighted by Gasteiger charge is -2.43. The van der Waals surface area contributed by atoms with Gasteiger partial charge in [0.25, 0.3) is 5.96 Å². The largest absolute Gasteiger partial charge is 0.341 e. The highest BCUT2D eigenvalue weighted by atomic mass is 35.5. The molecule has 2 heterocycles. The number of rotatable bonds is 3. The number of nitro groups is 1. The first-order valence-electron chi connectivity index (χ1n) is 6.71. The number of halogens is 1. The number of guanidine groups is 1. The third-order valence-electron chi connectivity index (χ3n) is 3.13. The standard InChI is InChI=1S/C13H18ClN5O3/c1-13(2,3)18-9-22-8-17(12(18)16-19(20)21)7-10-4-5-11(14)15-6-10/h4-6H,7-9H2,1-3H3. The molecule has 1 fully saturated rings. The van der Waals surface area contributed by atoms with E-state index in [-0.39, 0.29) is 25.0 Å². The molecule has 0 unspecified atom stereocenters. The molecule has 0 amide bonds. The van der Waals surface area contributed by atoms with Gasteiger partial charge in [0.05, 0.1) is 0 Å². The summed E-state index contributed by atoms with van der Waals surface area (Å²) in [6.07, 6.45) is 1.63. The summed E-state index contributed by atoms with van der Waals surface area (Å²) in [4.78, 5) is 18.3. The highest BCUT2D eigenvalue weighted by Gasteiger charge is 2.34. The van der Waals surface area contributed by atoms with E-state index in [1.165, 1.54) is 0 Å². The van der Waals surface area contributed by atoms with Crippen molar-refractivity contribution in [3.63, 3.8) is 0 Å². The van der Waals surface area contributed by atoms with Crippen LogP contribution in [0.2, 0.25) is 5.15 Å². The van der Waals surface area contributed by atoms with E-state index in [0.717, 1.165) is 5.56 Å². The normalized spacial score (nSPS) is 17.9. The summed E-state index contributed by atoms with van der Waals surface area (Å²) in [5, 5.41) is 14.1. The van der Waals surface area contributed by atoms with Crippen molar-refractivity contribution in [2.24, 2.45) is 5.10 Å². The van der Waals surface area contributed by atoms with Crippen LogP contribution in [0.4, 0.5) is 0 Å². The Labute approximate surface area is 133 Å². The molecule has 0 aliphatic carbocycles. The summed E-state index contributed by atoms with van der Waals surface area (Å²) in [6.45, 7) is 6.70. The van der Waals surface area contributed by atoms with Gasteiger partial charge in [-0.25, -0.2) is 15.1 Å². The number of ether oxygens (including phenoxy) is 1. The Morgan fingerprint density at radius 2 is 2.18 bits per heavy atom. The highest BCUT2D eigenvalue weighted by Crippen LogP contribution is 2.21. The minimum absolute atomic E-state index is 0.224. The Morgan fingerprint density at radius 3 is 2.73 bits per heavy atom. The molecule has 9 heteroatoms. The van der Waals surface area contributed by atoms with Crippen LogP contribution in [0.15, 0.2) is 23.4 Å². The lowest BCUT2D eigenvalue weighted by molar-refractivity contribution is -0.487. The van der Waals surface area contributed by atoms with Crippen molar-refractivity contribution in [1.82, 2.24) is 14.8 Å². The second-order valence-corrected chi connectivity index (χ2v) is 6.27. The summed E-state index contributed by atoms with van der Waals surface area (Å²) < 4.78 is 5.53. The second kappa shape index (κ2) is 6.45. The maximum absolute atomic E-state index is 10.9. The van der Waals surface area contributed by atoms with Crippen molar-refractivity contribution in [2.45, 2.75) is 32.9 Å². The van der Waals surface area contributed by atoms with Crippen molar-refractivity contribution < 1.29 is 9.77 Å². The summed E-state index contributed by atoms with van der Waals surface area (Å²) in [7, 11) is 0. The molecule has 1 aromatic rings. The molecule has 8 nitrogen and oxygen atoms in total. The van der Waals surface area contributed by atoms with E-state index in [0.29, 0.717) is 11.7 Å². The van der Waals surface area contributed by atoms with Gasteiger partial charge in [-0.15, -0.1) is 0 Å². The zero-order chi connectivity index (χ0) is 16.3. The first-order chi connectivity index (χ1) is 10.3. The average molecular weight is 328 g/mol. The smallest absolute Gasteiger partial charge is 0.278 e. The number of aromatic nitrogens is 1. The van der Waals surface area contributed by atoms with Gasteiger partial charge in [-0.2, -0.15) is 0 Å². The Hall–Kier alpha value is -1.93. The zero-order valence-corrected chi connectivity index (χ0v) is 13.4. The van der Waals surface area contributed by atoms with Crippen molar-refractivity contribution in [3.05, 3.63) is 39.2 Å². The van der Waals surface area contributed by atoms with Crippen molar-refractivity contribution in [1.29, 1.82) is 0 Å². The Bertz CT molecular complexity index is 570. The van der Waals surface area contributed by atoms with E-state index in [2.05, 4.69) is 10.1 Å². The van der Waals surface area contributed by atoms with Gasteiger partial charge in [0.2, 0.25) is 0 Å². The summed E-state index contributed by atoms with van der Waals surface area (Å²) in [5.74, 6) is 0.277. The Morgan fingerprint density at radius 1 is 1.45 bits per heavy atom. The predicted octanol–water partition coefficient (Wildman–Crippen LogP) is 2.13. The monoisotopic (exact) mass is 327 g/mol. The fraction of sp³-hybridized carbons (Fsp3) is 0.538. The molecule has 0 atom stereocenters. The minimum atomic E-state index is -0.688. The zero-order valence-electron chi connectivity index (χ0n) is 12.7. The summed E-state index contributed by atoms with van der Waals surface area (Å²) in [6, 6.07) is 3.49. The molecule has 1 aromatic heterocycles. The van der Waals surface area contributed by atoms with E-state index in [9.17, 15) is 10.1 Å². The topological polar surface area (TPSA) is 84.1 Å². The molecule has 0 bridgehead atoms. The molecular formula is C13H18ClN5O3. The number of hydrazone groups is 1. The highest BCUT2D eigenvalue weighted by molar-refractivity contribution is 6.29. The van der Waals surface area contributed by atoms with Crippen molar-refractivity contribution in [2.75, 3.05) is 13.5 Å². The van der Waals surface area contributed by atoms with E-state index in [4.69, 9.17) is 16.3 Å². The van der Waals surface area contributed by atoms with E-state index in [1.807, 2.05) is 26.8 Å². The number of hydrogen-bond donors (Lipinski definition) is 0. The van der Waals surface area contributed by atoms with E-state index in [1.54, 1.807) is 22.1 Å². The van der Waals surface area contributed by atoms with Crippen LogP contribution in [0.25, 0.3) is 0 Å². The first-order valence-corrected chi connectivity index (χ1v) is 7.09. The molecule has 0 N–H and O–H groups in total. The van der Waals surface area contributed by atoms with Crippen molar-refractivity contribution >= 4 is 17.6 Å². The predicted molar refractivity (Wildman–Crippen MR) is 81.6 cm³/mol. The van der Waals surface area contributed by atoms with Gasteiger partial charge < -0.3 is 14.5 Å². The van der Waals surface area contributed by atoms with Gasteiger partial charge in [0.15, 0.2) is 5.03 Å². The Kier molecular flexibility index (Phi) is 4.82. The average Bonchev–Trinajstić information content (AvgIpc) is 2.41. The van der Waals surface area contributed by atoms with Crippen LogP contribution < -0.4 is 0 Å². The van der Waals surface area contributed by atoms with Crippen LogP contribution in [0, 0.1) is 10.1 Å². The van der Waals surface area contributed by atoms with Crippen LogP contribution in [0.1, 0.15) is 26.3 Å². The lowest BCUT2D eigenvalue weighted by atomic mass is 10.1. The lowest BCUT2D eigenvalue weighted by Crippen LogP contribution is -2.58. The van der Waals surface area contributed by atoms with Gasteiger partial charge in [0, 0.05) is 18.3 Å². The second-order valence-electron chi connectivity index (χ2n) is 5.89. The maximum atomic E-state index is 10.9. The fourth-order valence-corrected chi connectivity index (χ4v) is 2.16. The van der Waals surface area contributed by atoms with Crippen molar-refractivity contribution in [3.8, 4) is 0 Å². The molecule has 120 valence electrons. The molecule has 0 saturated carbocycles. The maximum Gasteiger partial charge on any atom is 0.278 e.